The molecule has 3 aromatic rings. The number of carbonyl (C=O) groups is 1. The first-order chi connectivity index (χ1) is 16.3. The third-order valence-corrected chi connectivity index (χ3v) is 7.29. The van der Waals surface area contributed by atoms with Gasteiger partial charge in [0.2, 0.25) is 15.9 Å². The summed E-state index contributed by atoms with van der Waals surface area (Å²) >= 11 is 0. The van der Waals surface area contributed by atoms with Crippen molar-refractivity contribution in [1.82, 2.24) is 23.0 Å². The first kappa shape index (κ1) is 26.4. The zero-order valence-electron chi connectivity index (χ0n) is 20.8. The molecule has 190 valence electrons. The van der Waals surface area contributed by atoms with E-state index in [0.717, 1.165) is 4.57 Å². The Balaban J connectivity index is 1.79. The molecule has 12 heteroatoms. The molecule has 0 aliphatic heterocycles. The van der Waals surface area contributed by atoms with Gasteiger partial charge in [-0.05, 0) is 36.1 Å². The molecule has 0 spiro atoms. The minimum Gasteiger partial charge on any atom is -0.325 e. The molecular formula is C23H32N6O5S. The second kappa shape index (κ2) is 10.2. The minimum absolute atomic E-state index is 0.140. The van der Waals surface area contributed by atoms with Crippen LogP contribution in [-0.4, -0.2) is 50.4 Å². The summed E-state index contributed by atoms with van der Waals surface area (Å²) in [5, 5.41) is 2.70. The minimum atomic E-state index is -3.67. The van der Waals surface area contributed by atoms with E-state index in [9.17, 15) is 22.8 Å². The van der Waals surface area contributed by atoms with Gasteiger partial charge in [0, 0.05) is 32.9 Å². The van der Waals surface area contributed by atoms with Crippen LogP contribution in [0.15, 0.2) is 45.1 Å². The number of fused-ring (bicyclic) bond motifs is 1. The fourth-order valence-corrected chi connectivity index (χ4v) is 5.58. The summed E-state index contributed by atoms with van der Waals surface area (Å²) in [6.07, 6.45) is 1.33. The van der Waals surface area contributed by atoms with Crippen LogP contribution in [0.4, 0.5) is 5.69 Å². The molecule has 35 heavy (non-hydrogen) atoms. The average molecular weight is 505 g/mol. The number of aryl methyl sites for hydroxylation is 1. The molecule has 0 saturated carbocycles. The van der Waals surface area contributed by atoms with Crippen LogP contribution in [0.3, 0.4) is 0 Å². The van der Waals surface area contributed by atoms with Crippen LogP contribution in [0.25, 0.3) is 11.2 Å². The van der Waals surface area contributed by atoms with Gasteiger partial charge in [-0.1, -0.05) is 27.7 Å². The predicted molar refractivity (Wildman–Crippen MR) is 134 cm³/mol. The Morgan fingerprint density at radius 1 is 1.00 bits per heavy atom. The Bertz CT molecular complexity index is 1440. The fourth-order valence-electron chi connectivity index (χ4n) is 3.82. The monoisotopic (exact) mass is 504 g/mol. The number of aromatic nitrogens is 4. The zero-order chi connectivity index (χ0) is 26.1. The lowest BCUT2D eigenvalue weighted by Crippen LogP contribution is -2.37. The first-order valence-electron chi connectivity index (χ1n) is 11.3. The number of nitrogens with zero attached hydrogens (tertiary/aromatic N) is 5. The van der Waals surface area contributed by atoms with Gasteiger partial charge >= 0.3 is 5.69 Å². The van der Waals surface area contributed by atoms with Crippen molar-refractivity contribution >= 4 is 32.8 Å². The molecule has 0 atom stereocenters. The summed E-state index contributed by atoms with van der Waals surface area (Å²) in [5.74, 6) is -0.0711. The van der Waals surface area contributed by atoms with E-state index in [1.165, 1.54) is 58.1 Å². The highest BCUT2D eigenvalue weighted by atomic mass is 32.2. The zero-order valence-corrected chi connectivity index (χ0v) is 21.7. The van der Waals surface area contributed by atoms with Gasteiger partial charge in [0.15, 0.2) is 11.2 Å². The lowest BCUT2D eigenvalue weighted by molar-refractivity contribution is -0.116. The number of sulfonamides is 1. The molecule has 0 fully saturated rings. The lowest BCUT2D eigenvalue weighted by Gasteiger charge is -2.25. The molecule has 0 saturated heterocycles. The molecule has 2 heterocycles. The molecule has 1 N–H and O–H groups in total. The van der Waals surface area contributed by atoms with Crippen LogP contribution < -0.4 is 16.6 Å². The van der Waals surface area contributed by atoms with Crippen molar-refractivity contribution in [2.24, 2.45) is 25.9 Å². The van der Waals surface area contributed by atoms with Crippen LogP contribution in [0.2, 0.25) is 0 Å². The smallest absolute Gasteiger partial charge is 0.325 e. The Labute approximate surface area is 204 Å². The van der Waals surface area contributed by atoms with Gasteiger partial charge in [-0.25, -0.2) is 18.2 Å². The molecule has 0 aliphatic carbocycles. The number of hydrogen-bond acceptors (Lipinski definition) is 6. The lowest BCUT2D eigenvalue weighted by atomic mass is 10.2. The highest BCUT2D eigenvalue weighted by Crippen LogP contribution is 2.21. The maximum Gasteiger partial charge on any atom is 0.332 e. The molecule has 0 unspecified atom stereocenters. The summed E-state index contributed by atoms with van der Waals surface area (Å²) in [5.41, 5.74) is -0.310. The van der Waals surface area contributed by atoms with Crippen molar-refractivity contribution in [1.29, 1.82) is 0 Å². The van der Waals surface area contributed by atoms with Crippen LogP contribution in [-0.2, 0) is 35.5 Å². The molecule has 0 bridgehead atoms. The summed E-state index contributed by atoms with van der Waals surface area (Å²) < 4.78 is 31.4. The topological polar surface area (TPSA) is 128 Å². The van der Waals surface area contributed by atoms with Crippen molar-refractivity contribution in [3.63, 3.8) is 0 Å². The van der Waals surface area contributed by atoms with E-state index in [-0.39, 0.29) is 34.4 Å². The fraction of sp³-hybridized carbons (Fsp3) is 0.478. The Morgan fingerprint density at radius 3 is 2.11 bits per heavy atom. The predicted octanol–water partition coefficient (Wildman–Crippen LogP) is 1.38. The van der Waals surface area contributed by atoms with Gasteiger partial charge in [-0.3, -0.25) is 18.7 Å². The van der Waals surface area contributed by atoms with E-state index in [2.05, 4.69) is 10.3 Å². The molecule has 0 radical (unpaired) electrons. The van der Waals surface area contributed by atoms with Gasteiger partial charge in [-0.15, -0.1) is 0 Å². The molecule has 11 nitrogen and oxygen atoms in total. The number of carbonyl (C=O) groups excluding carboxylic acids is 1. The maximum atomic E-state index is 13.2. The molecular weight excluding hydrogens is 472 g/mol. The third kappa shape index (κ3) is 5.54. The number of anilines is 1. The number of imidazole rings is 1. The van der Waals surface area contributed by atoms with E-state index in [1.807, 2.05) is 27.7 Å². The SMILES string of the molecule is CC(C)CN(CC(C)C)S(=O)(=O)c1ccc(NC(=O)Cn2cnc3c2c(=O)n(C)c(=O)n3C)cc1. The van der Waals surface area contributed by atoms with E-state index < -0.39 is 27.2 Å². The number of hydrogen-bond donors (Lipinski definition) is 1. The highest BCUT2D eigenvalue weighted by molar-refractivity contribution is 7.89. The van der Waals surface area contributed by atoms with Gasteiger partial charge in [0.25, 0.3) is 5.56 Å². The van der Waals surface area contributed by atoms with Crippen molar-refractivity contribution < 1.29 is 13.2 Å². The second-order valence-corrected chi connectivity index (χ2v) is 11.4. The Morgan fingerprint density at radius 2 is 1.57 bits per heavy atom. The summed E-state index contributed by atoms with van der Waals surface area (Å²) in [6.45, 7) is 8.52. The van der Waals surface area contributed by atoms with E-state index in [1.54, 1.807) is 0 Å². The third-order valence-electron chi connectivity index (χ3n) is 5.44. The van der Waals surface area contributed by atoms with Gasteiger partial charge in [-0.2, -0.15) is 4.31 Å². The van der Waals surface area contributed by atoms with Gasteiger partial charge < -0.3 is 9.88 Å². The van der Waals surface area contributed by atoms with E-state index >= 15 is 0 Å². The number of rotatable bonds is 9. The first-order valence-corrected chi connectivity index (χ1v) is 12.8. The summed E-state index contributed by atoms with van der Waals surface area (Å²) in [6, 6.07) is 6.00. The van der Waals surface area contributed by atoms with Crippen LogP contribution in [0.1, 0.15) is 27.7 Å². The van der Waals surface area contributed by atoms with E-state index in [0.29, 0.717) is 18.8 Å². The van der Waals surface area contributed by atoms with Crippen LogP contribution in [0, 0.1) is 11.8 Å². The number of amides is 1. The highest BCUT2D eigenvalue weighted by Gasteiger charge is 2.26. The normalized spacial score (nSPS) is 12.3. The van der Waals surface area contributed by atoms with E-state index in [4.69, 9.17) is 0 Å². The molecule has 3 rings (SSSR count). The number of benzene rings is 1. The van der Waals surface area contributed by atoms with Crippen molar-refractivity contribution in [2.75, 3.05) is 18.4 Å². The molecule has 1 amide bonds. The molecule has 0 aliphatic rings. The second-order valence-electron chi connectivity index (χ2n) is 9.43. The van der Waals surface area contributed by atoms with Crippen LogP contribution >= 0.6 is 0 Å². The quantitative estimate of drug-likeness (QED) is 0.469. The van der Waals surface area contributed by atoms with Crippen molar-refractivity contribution in [3.8, 4) is 0 Å². The van der Waals surface area contributed by atoms with Crippen molar-refractivity contribution in [2.45, 2.75) is 39.1 Å². The van der Waals surface area contributed by atoms with Gasteiger partial charge in [0.05, 0.1) is 11.2 Å². The average Bonchev–Trinajstić information content (AvgIpc) is 3.19. The molecule has 2 aromatic heterocycles. The molecule has 1 aromatic carbocycles. The largest absolute Gasteiger partial charge is 0.332 e. The van der Waals surface area contributed by atoms with Gasteiger partial charge in [0.1, 0.15) is 6.54 Å². The van der Waals surface area contributed by atoms with Crippen molar-refractivity contribution in [3.05, 3.63) is 51.4 Å². The number of nitrogens with one attached hydrogen (secondary N) is 1. The maximum absolute atomic E-state index is 13.2. The summed E-state index contributed by atoms with van der Waals surface area (Å²) in [7, 11) is -0.813. The summed E-state index contributed by atoms with van der Waals surface area (Å²) in [4.78, 5) is 41.5. The Kier molecular flexibility index (Phi) is 7.65. The van der Waals surface area contributed by atoms with Crippen LogP contribution in [0.5, 0.6) is 0 Å². The standard InChI is InChI=1S/C23H32N6O5S/c1-15(2)11-29(12-16(3)4)35(33,34)18-9-7-17(8-10-18)25-19(30)13-28-14-24-21-20(28)22(31)27(6)23(32)26(21)5/h7-10,14-16H,11-13H2,1-6H3,(H,25,30). The Hall–Kier alpha value is -3.25.